The van der Waals surface area contributed by atoms with Gasteiger partial charge in [-0.3, -0.25) is 9.13 Å². The summed E-state index contributed by atoms with van der Waals surface area (Å²) >= 11 is 0. The minimum absolute atomic E-state index is 0.236. The predicted molar refractivity (Wildman–Crippen MR) is 256 cm³/mol. The zero-order chi connectivity index (χ0) is 58.4. The molecule has 0 amide bonds. The van der Waals surface area contributed by atoms with E-state index in [-0.39, 0.29) is 27.5 Å². The molecule has 5 heteroatoms. The summed E-state index contributed by atoms with van der Waals surface area (Å²) in [5.74, 6) is -1.39. The predicted octanol–water partition coefficient (Wildman–Crippen LogP) is 14.4. The van der Waals surface area contributed by atoms with Gasteiger partial charge in [-0.1, -0.05) is 188 Å². The van der Waals surface area contributed by atoms with Crippen molar-refractivity contribution in [3.05, 3.63) is 224 Å². The van der Waals surface area contributed by atoms with Crippen LogP contribution in [0, 0.1) is 0 Å². The Morgan fingerprint density at radius 1 is 0.323 bits per heavy atom. The molecule has 0 bridgehead atoms. The summed E-state index contributed by atoms with van der Waals surface area (Å²) in [5, 5.41) is -1.44. The molecule has 0 radical (unpaired) electrons. The third-order valence-corrected chi connectivity index (χ3v) is 10.6. The van der Waals surface area contributed by atoms with Crippen molar-refractivity contribution in [2.45, 2.75) is 0 Å². The van der Waals surface area contributed by atoms with Crippen LogP contribution in [0.3, 0.4) is 0 Å². The van der Waals surface area contributed by atoms with Gasteiger partial charge < -0.3 is 0 Å². The van der Waals surface area contributed by atoms with Crippen molar-refractivity contribution in [2.24, 2.45) is 0 Å². The average Bonchev–Trinajstić information content (AvgIpc) is 2.47. The highest BCUT2D eigenvalue weighted by Crippen LogP contribution is 2.38. The summed E-state index contributed by atoms with van der Waals surface area (Å²) in [6.45, 7) is 0. The number of hydrogen-bond donors (Lipinski definition) is 0. The highest BCUT2D eigenvalue weighted by molar-refractivity contribution is 6.11. The van der Waals surface area contributed by atoms with Crippen molar-refractivity contribution >= 4 is 43.6 Å². The van der Waals surface area contributed by atoms with Gasteiger partial charge in [0.2, 0.25) is 11.9 Å². The van der Waals surface area contributed by atoms with Crippen molar-refractivity contribution in [1.29, 1.82) is 0 Å². The summed E-state index contributed by atoms with van der Waals surface area (Å²) in [6, 6.07) is 17.4. The Bertz CT molecular complexity index is 4720. The third-order valence-electron chi connectivity index (χ3n) is 10.6. The lowest BCUT2D eigenvalue weighted by Gasteiger charge is -2.14. The molecule has 0 atom stereocenters. The molecule has 0 saturated heterocycles. The summed E-state index contributed by atoms with van der Waals surface area (Å²) in [6.07, 6.45) is 0. The van der Waals surface area contributed by atoms with Crippen LogP contribution in [0.25, 0.3) is 111 Å². The lowest BCUT2D eigenvalue weighted by atomic mass is 9.92. The number of fused-ring (bicyclic) bond motifs is 6. The van der Waals surface area contributed by atoms with E-state index in [1.165, 1.54) is 0 Å². The Hall–Kier alpha value is -8.41. The van der Waals surface area contributed by atoms with Crippen LogP contribution in [-0.4, -0.2) is 24.1 Å². The van der Waals surface area contributed by atoms with Crippen molar-refractivity contribution < 1.29 is 27.4 Å². The molecule has 0 aliphatic rings. The van der Waals surface area contributed by atoms with Gasteiger partial charge >= 0.3 is 0 Å². The quantitative estimate of drug-likeness (QED) is 0.161. The molecular formula is C57H37N5. The number of para-hydroxylation sites is 3. The van der Waals surface area contributed by atoms with E-state index >= 15 is 0 Å². The first-order chi connectivity index (χ1) is 39.1. The molecule has 12 aromatic rings. The van der Waals surface area contributed by atoms with Crippen molar-refractivity contribution in [3.63, 3.8) is 0 Å². The van der Waals surface area contributed by atoms with Crippen LogP contribution in [0.5, 0.6) is 0 Å². The smallest absolute Gasteiger partial charge is 0.240 e. The molecule has 0 aliphatic carbocycles. The van der Waals surface area contributed by atoms with Gasteiger partial charge in [-0.15, -0.1) is 0 Å². The topological polar surface area (TPSA) is 48.5 Å². The van der Waals surface area contributed by atoms with Crippen molar-refractivity contribution in [3.8, 4) is 67.8 Å². The molecular weight excluding hydrogens is 755 g/mol. The van der Waals surface area contributed by atoms with Gasteiger partial charge in [0.05, 0.1) is 49.5 Å². The molecule has 5 nitrogen and oxygen atoms in total. The van der Waals surface area contributed by atoms with Gasteiger partial charge in [-0.25, -0.2) is 0 Å². The molecule has 0 N–H and O–H groups in total. The highest BCUT2D eigenvalue weighted by Gasteiger charge is 2.21. The standard InChI is InChI=1S/C57H37N5/c1-3-17-38(18-4-1)42-33-34-50-49-29-11-14-32-53(49)62(54(50)37-42)57-59-55(58-56(60-57)61-51-30-12-9-27-47(51)48-28-10-13-31-52(48)61)44-24-16-22-41(36-44)40-21-15-23-43(35-40)46-26-8-7-25-45(46)39-19-5-2-6-20-39/h1-37H/i1D,3D,4D,9D,10D,11D,12D,13D,14D,17D,18D,27D,28D,29D,30D,31D,32D,33D,34D,37D. The molecule has 62 heavy (non-hydrogen) atoms. The minimum Gasteiger partial charge on any atom is -0.278 e. The number of hydrogen-bond acceptors (Lipinski definition) is 3. The first-order valence-electron chi connectivity index (χ1n) is 29.3. The van der Waals surface area contributed by atoms with E-state index in [1.54, 1.807) is 18.2 Å². The van der Waals surface area contributed by atoms with E-state index in [0.29, 0.717) is 5.56 Å². The van der Waals surface area contributed by atoms with Crippen LogP contribution in [0.1, 0.15) is 27.4 Å². The van der Waals surface area contributed by atoms with E-state index < -0.39 is 171 Å². The normalized spacial score (nSPS) is 16.1. The van der Waals surface area contributed by atoms with Crippen molar-refractivity contribution in [1.82, 2.24) is 24.1 Å². The Kier molecular flexibility index (Phi) is 4.91. The SMILES string of the molecule is [2H]c1c([2H])c([2H])c(-c2c([2H])c([2H])c3c4c([2H])c([2H])c([2H])c([2H])c4n(-c4nc(-c5cccc(-c6cccc(-c7ccccc7-c7ccccc7)c6)c5)nc(-n5c6c([2H])c([2H])c([2H])c([2H])c6c6c([2H])c([2H])c([2H])c([2H])c65)n4)c3c2[2H])c([2H])c1[2H]. The zero-order valence-corrected chi connectivity index (χ0v) is 32.1. The van der Waals surface area contributed by atoms with Gasteiger partial charge in [0.15, 0.2) is 5.82 Å². The maximum absolute atomic E-state index is 9.93. The van der Waals surface area contributed by atoms with Crippen LogP contribution >= 0.6 is 0 Å². The monoisotopic (exact) mass is 811 g/mol. The molecule has 290 valence electrons. The maximum Gasteiger partial charge on any atom is 0.240 e. The fourth-order valence-electron chi connectivity index (χ4n) is 7.82. The van der Waals surface area contributed by atoms with Crippen LogP contribution in [0.2, 0.25) is 0 Å². The highest BCUT2D eigenvalue weighted by atomic mass is 15.3. The van der Waals surface area contributed by atoms with Gasteiger partial charge in [-0.2, -0.15) is 15.0 Å². The van der Waals surface area contributed by atoms with Crippen LogP contribution < -0.4 is 0 Å². The molecule has 3 heterocycles. The maximum atomic E-state index is 9.93. The van der Waals surface area contributed by atoms with Crippen LogP contribution in [0.4, 0.5) is 0 Å². The van der Waals surface area contributed by atoms with Crippen molar-refractivity contribution in [2.75, 3.05) is 0 Å². The van der Waals surface area contributed by atoms with Gasteiger partial charge in [0.25, 0.3) is 0 Å². The lowest BCUT2D eigenvalue weighted by molar-refractivity contribution is 0.893. The molecule has 0 fully saturated rings. The van der Waals surface area contributed by atoms with Gasteiger partial charge in [0, 0.05) is 27.1 Å². The fraction of sp³-hybridized carbons (Fsp3) is 0. The first-order valence-corrected chi connectivity index (χ1v) is 19.3. The second-order valence-electron chi connectivity index (χ2n) is 14.1. The molecule has 3 aromatic heterocycles. The van der Waals surface area contributed by atoms with Gasteiger partial charge in [0.1, 0.15) is 0 Å². The van der Waals surface area contributed by atoms with E-state index in [0.717, 1.165) is 37.0 Å². The summed E-state index contributed by atoms with van der Waals surface area (Å²) in [5.41, 5.74) is 2.43. The molecule has 9 aromatic carbocycles. The van der Waals surface area contributed by atoms with E-state index in [4.69, 9.17) is 32.8 Å². The number of benzene rings is 9. The Balaban J connectivity index is 1.23. The Morgan fingerprint density at radius 2 is 0.790 bits per heavy atom. The molecule has 12 rings (SSSR count). The minimum atomic E-state index is -0.824. The molecule has 0 saturated carbocycles. The van der Waals surface area contributed by atoms with E-state index in [2.05, 4.69) is 0 Å². The second-order valence-corrected chi connectivity index (χ2v) is 14.1. The lowest BCUT2D eigenvalue weighted by Crippen LogP contribution is -2.10. The second kappa shape index (κ2) is 14.7. The van der Waals surface area contributed by atoms with Crippen LogP contribution in [-0.2, 0) is 0 Å². The fourth-order valence-corrected chi connectivity index (χ4v) is 7.82. The van der Waals surface area contributed by atoms with E-state index in [1.807, 2.05) is 84.9 Å². The summed E-state index contributed by atoms with van der Waals surface area (Å²) in [7, 11) is 0. The Labute approximate surface area is 386 Å². The zero-order valence-electron chi connectivity index (χ0n) is 52.1. The molecule has 0 unspecified atom stereocenters. The number of aromatic nitrogens is 5. The number of rotatable bonds is 7. The van der Waals surface area contributed by atoms with Gasteiger partial charge in [-0.05, 0) is 80.8 Å². The van der Waals surface area contributed by atoms with E-state index in [9.17, 15) is 9.60 Å². The first kappa shape index (κ1) is 20.7. The average molecular weight is 812 g/mol. The number of nitrogens with zero attached hydrogens (tertiary/aromatic N) is 5. The largest absolute Gasteiger partial charge is 0.278 e. The third kappa shape index (κ3) is 5.98. The summed E-state index contributed by atoms with van der Waals surface area (Å²) < 4.78 is 182. The molecule has 0 spiro atoms. The summed E-state index contributed by atoms with van der Waals surface area (Å²) in [4.78, 5) is 14.7. The Morgan fingerprint density at radius 3 is 1.42 bits per heavy atom. The molecule has 0 aliphatic heterocycles. The van der Waals surface area contributed by atoms with Crippen LogP contribution in [0.15, 0.2) is 224 Å².